The number of likely N-dealkylation sites (tertiary alicyclic amines) is 1. The van der Waals surface area contributed by atoms with Crippen LogP contribution in [0, 0.1) is 0 Å². The van der Waals surface area contributed by atoms with Gasteiger partial charge in [0.1, 0.15) is 0 Å². The molecule has 2 aromatic heterocycles. The van der Waals surface area contributed by atoms with Crippen molar-refractivity contribution in [3.05, 3.63) is 48.5 Å². The van der Waals surface area contributed by atoms with Crippen molar-refractivity contribution in [1.82, 2.24) is 14.5 Å². The lowest BCUT2D eigenvalue weighted by atomic mass is 10.1. The smallest absolute Gasteiger partial charge is 0.0988 e. The fraction of sp³-hybridized carbons (Fsp3) is 0.400. The van der Waals surface area contributed by atoms with Crippen LogP contribution in [-0.2, 0) is 6.54 Å². The van der Waals surface area contributed by atoms with Crippen LogP contribution in [0.5, 0.6) is 0 Å². The number of piperidine rings is 1. The zero-order chi connectivity index (χ0) is 20.1. The number of hydrogen-bond donors (Lipinski definition) is 1. The summed E-state index contributed by atoms with van der Waals surface area (Å²) in [5.41, 5.74) is 6.15. The molecule has 0 atom stereocenters. The number of rotatable bonds is 3. The van der Waals surface area contributed by atoms with E-state index in [1.54, 1.807) is 0 Å². The van der Waals surface area contributed by atoms with Crippen LogP contribution in [0.25, 0.3) is 32.8 Å². The van der Waals surface area contributed by atoms with Crippen molar-refractivity contribution in [3.8, 4) is 0 Å². The van der Waals surface area contributed by atoms with Crippen LogP contribution < -0.4 is 4.90 Å². The van der Waals surface area contributed by atoms with E-state index in [-0.39, 0.29) is 6.10 Å². The number of para-hydroxylation sites is 2. The number of aromatic nitrogens is 2. The van der Waals surface area contributed by atoms with Crippen LogP contribution in [0.2, 0.25) is 0 Å². The monoisotopic (exact) mass is 400 g/mol. The maximum Gasteiger partial charge on any atom is 0.0988 e. The third-order valence-electron chi connectivity index (χ3n) is 6.93. The highest BCUT2D eigenvalue weighted by molar-refractivity contribution is 6.16. The van der Waals surface area contributed by atoms with E-state index in [2.05, 4.69) is 62.9 Å². The van der Waals surface area contributed by atoms with Crippen LogP contribution in [0.15, 0.2) is 48.5 Å². The van der Waals surface area contributed by atoms with Gasteiger partial charge in [-0.25, -0.2) is 4.98 Å². The Morgan fingerprint density at radius 3 is 2.50 bits per heavy atom. The second-order valence-electron chi connectivity index (χ2n) is 8.76. The molecule has 0 bridgehead atoms. The number of fused-ring (bicyclic) bond motifs is 5. The molecule has 2 aromatic carbocycles. The third kappa shape index (κ3) is 2.88. The maximum absolute atomic E-state index is 9.83. The molecule has 0 amide bonds. The number of nitrogens with zero attached hydrogens (tertiary/aromatic N) is 4. The van der Waals surface area contributed by atoms with Crippen LogP contribution in [0.4, 0.5) is 5.69 Å². The highest BCUT2D eigenvalue weighted by atomic mass is 16.3. The minimum absolute atomic E-state index is 0.112. The Morgan fingerprint density at radius 1 is 0.867 bits per heavy atom. The van der Waals surface area contributed by atoms with E-state index in [1.165, 1.54) is 27.5 Å². The lowest BCUT2D eigenvalue weighted by Gasteiger charge is -2.32. The Bertz CT molecular complexity index is 1220. The van der Waals surface area contributed by atoms with E-state index in [4.69, 9.17) is 4.98 Å². The Labute approximate surface area is 176 Å². The molecule has 0 aliphatic carbocycles. The number of hydrogen-bond acceptors (Lipinski definition) is 4. The van der Waals surface area contributed by atoms with Crippen molar-refractivity contribution in [1.29, 1.82) is 0 Å². The minimum atomic E-state index is -0.112. The van der Waals surface area contributed by atoms with Gasteiger partial charge >= 0.3 is 0 Å². The van der Waals surface area contributed by atoms with Crippen molar-refractivity contribution in [2.24, 2.45) is 0 Å². The molecule has 2 aliphatic heterocycles. The average molecular weight is 401 g/mol. The van der Waals surface area contributed by atoms with Crippen molar-refractivity contribution >= 4 is 38.5 Å². The number of aliphatic hydroxyl groups excluding tert-OH is 1. The molecule has 30 heavy (non-hydrogen) atoms. The second kappa shape index (κ2) is 7.25. The van der Waals surface area contributed by atoms with Gasteiger partial charge in [-0.3, -0.25) is 0 Å². The van der Waals surface area contributed by atoms with Gasteiger partial charge in [0.2, 0.25) is 0 Å². The molecular weight excluding hydrogens is 372 g/mol. The molecule has 5 heteroatoms. The molecule has 4 heterocycles. The number of pyridine rings is 1. The summed E-state index contributed by atoms with van der Waals surface area (Å²) < 4.78 is 2.50. The van der Waals surface area contributed by atoms with E-state index < -0.39 is 0 Å². The maximum atomic E-state index is 9.83. The highest BCUT2D eigenvalue weighted by Gasteiger charge is 2.25. The van der Waals surface area contributed by atoms with E-state index in [1.807, 2.05) is 0 Å². The van der Waals surface area contributed by atoms with Gasteiger partial charge in [-0.1, -0.05) is 36.4 Å². The third-order valence-corrected chi connectivity index (χ3v) is 6.93. The Balaban J connectivity index is 1.50. The predicted octanol–water partition coefficient (Wildman–Crippen LogP) is 4.01. The molecule has 1 fully saturated rings. The lowest BCUT2D eigenvalue weighted by Crippen LogP contribution is -2.41. The number of anilines is 1. The summed E-state index contributed by atoms with van der Waals surface area (Å²) in [6.07, 6.45) is 2.82. The fourth-order valence-corrected chi connectivity index (χ4v) is 5.37. The SMILES string of the molecule is OC1CCN(CCN2CCCn3c4ccccc4c4nc5ccccc5c2c43)CC1. The lowest BCUT2D eigenvalue weighted by molar-refractivity contribution is 0.0838. The van der Waals surface area contributed by atoms with Gasteiger partial charge in [-0.2, -0.15) is 0 Å². The number of aliphatic hydroxyl groups is 1. The van der Waals surface area contributed by atoms with E-state index in [9.17, 15) is 5.11 Å². The van der Waals surface area contributed by atoms with Gasteiger partial charge in [0.25, 0.3) is 0 Å². The first-order chi connectivity index (χ1) is 14.8. The molecule has 1 saturated heterocycles. The summed E-state index contributed by atoms with van der Waals surface area (Å²) >= 11 is 0. The van der Waals surface area contributed by atoms with Crippen LogP contribution in [-0.4, -0.2) is 58.4 Å². The Kier molecular flexibility index (Phi) is 4.39. The summed E-state index contributed by atoms with van der Waals surface area (Å²) in [6, 6.07) is 17.3. The highest BCUT2D eigenvalue weighted by Crippen LogP contribution is 2.40. The largest absolute Gasteiger partial charge is 0.393 e. The first-order valence-corrected chi connectivity index (χ1v) is 11.2. The first-order valence-electron chi connectivity index (χ1n) is 11.2. The normalized spacial score (nSPS) is 18.5. The molecule has 5 nitrogen and oxygen atoms in total. The van der Waals surface area contributed by atoms with Crippen LogP contribution in [0.1, 0.15) is 19.3 Å². The van der Waals surface area contributed by atoms with Gasteiger partial charge in [-0.15, -0.1) is 0 Å². The number of benzene rings is 2. The summed E-state index contributed by atoms with van der Waals surface area (Å²) in [6.45, 7) is 6.16. The van der Waals surface area contributed by atoms with Crippen molar-refractivity contribution < 1.29 is 5.11 Å². The summed E-state index contributed by atoms with van der Waals surface area (Å²) in [5.74, 6) is 0. The first kappa shape index (κ1) is 18.2. The van der Waals surface area contributed by atoms with E-state index >= 15 is 0 Å². The summed E-state index contributed by atoms with van der Waals surface area (Å²) in [7, 11) is 0. The standard InChI is InChI=1S/C25H28N4O/c30-18-10-14-27(15-11-18)16-17-28-12-5-13-29-22-9-4-2-7-20(22)23-25(29)24(28)19-6-1-3-8-21(19)26-23/h1-4,6-9,18,30H,5,10-17H2. The van der Waals surface area contributed by atoms with Gasteiger partial charge in [0, 0.05) is 50.0 Å². The van der Waals surface area contributed by atoms with Crippen LogP contribution in [0.3, 0.4) is 0 Å². The molecule has 0 spiro atoms. The van der Waals surface area contributed by atoms with Crippen molar-refractivity contribution in [2.75, 3.05) is 37.6 Å². The topological polar surface area (TPSA) is 44.5 Å². The molecule has 1 N–H and O–H groups in total. The minimum Gasteiger partial charge on any atom is -0.393 e. The fourth-order valence-electron chi connectivity index (χ4n) is 5.37. The van der Waals surface area contributed by atoms with Gasteiger partial charge in [0.15, 0.2) is 0 Å². The zero-order valence-corrected chi connectivity index (χ0v) is 17.3. The van der Waals surface area contributed by atoms with Gasteiger partial charge in [-0.05, 0) is 31.4 Å². The number of aryl methyl sites for hydroxylation is 1. The molecule has 4 aromatic rings. The van der Waals surface area contributed by atoms with Crippen molar-refractivity contribution in [3.63, 3.8) is 0 Å². The van der Waals surface area contributed by atoms with E-state index in [0.717, 1.165) is 69.6 Å². The second-order valence-corrected chi connectivity index (χ2v) is 8.76. The summed E-state index contributed by atoms with van der Waals surface area (Å²) in [4.78, 5) is 10.2. The molecule has 0 unspecified atom stereocenters. The molecule has 0 saturated carbocycles. The summed E-state index contributed by atoms with van der Waals surface area (Å²) in [5, 5.41) is 12.3. The van der Waals surface area contributed by atoms with Crippen LogP contribution >= 0.6 is 0 Å². The Morgan fingerprint density at radius 2 is 1.63 bits per heavy atom. The van der Waals surface area contributed by atoms with Gasteiger partial charge < -0.3 is 19.5 Å². The molecule has 0 radical (unpaired) electrons. The predicted molar refractivity (Wildman–Crippen MR) is 123 cm³/mol. The van der Waals surface area contributed by atoms with Gasteiger partial charge in [0.05, 0.1) is 33.9 Å². The average Bonchev–Trinajstić information content (AvgIpc) is 2.96. The van der Waals surface area contributed by atoms with Crippen molar-refractivity contribution in [2.45, 2.75) is 31.9 Å². The molecule has 154 valence electrons. The quantitative estimate of drug-likeness (QED) is 0.564. The molecular formula is C25H28N4O. The molecule has 6 rings (SSSR count). The zero-order valence-electron chi connectivity index (χ0n) is 17.3. The molecule has 2 aliphatic rings. The Hall–Kier alpha value is -2.63. The van der Waals surface area contributed by atoms with E-state index in [0.29, 0.717) is 0 Å².